The van der Waals surface area contributed by atoms with Gasteiger partial charge in [0.2, 0.25) is 0 Å². The van der Waals surface area contributed by atoms with Crippen molar-refractivity contribution < 1.29 is 9.47 Å². The summed E-state index contributed by atoms with van der Waals surface area (Å²) in [6, 6.07) is 6.21. The fraction of sp³-hybridized carbons (Fsp3) is 0.529. The first kappa shape index (κ1) is 14.9. The molecule has 1 unspecified atom stereocenters. The van der Waals surface area contributed by atoms with Gasteiger partial charge in [0.05, 0.1) is 6.61 Å². The van der Waals surface area contributed by atoms with Crippen LogP contribution in [0.1, 0.15) is 38.7 Å². The Labute approximate surface area is 122 Å². The van der Waals surface area contributed by atoms with Crippen LogP contribution in [-0.2, 0) is 6.54 Å². The molecule has 1 aromatic carbocycles. The maximum absolute atomic E-state index is 6.07. The van der Waals surface area contributed by atoms with E-state index < -0.39 is 0 Å². The Bertz CT molecular complexity index is 443. The third kappa shape index (κ3) is 4.27. The first-order chi connectivity index (χ1) is 9.83. The summed E-state index contributed by atoms with van der Waals surface area (Å²) in [5.74, 6) is 1.70. The first-order valence-electron chi connectivity index (χ1n) is 7.63. The van der Waals surface area contributed by atoms with E-state index in [1.54, 1.807) is 0 Å². The Morgan fingerprint density at radius 3 is 2.85 bits per heavy atom. The Morgan fingerprint density at radius 2 is 2.15 bits per heavy atom. The van der Waals surface area contributed by atoms with E-state index in [0.29, 0.717) is 6.61 Å². The maximum atomic E-state index is 6.07. The molecule has 110 valence electrons. The zero-order valence-electron chi connectivity index (χ0n) is 12.5. The second-order valence-corrected chi connectivity index (χ2v) is 5.01. The van der Waals surface area contributed by atoms with Crippen LogP contribution in [0.5, 0.6) is 11.5 Å². The van der Waals surface area contributed by atoms with Crippen LogP contribution in [0.25, 0.3) is 0 Å². The summed E-state index contributed by atoms with van der Waals surface area (Å²) in [5, 5.41) is 3.33. The highest BCUT2D eigenvalue weighted by atomic mass is 16.5. The second kappa shape index (κ2) is 7.95. The van der Waals surface area contributed by atoms with Gasteiger partial charge in [-0.05, 0) is 56.5 Å². The summed E-state index contributed by atoms with van der Waals surface area (Å²) in [6.07, 6.45) is 7.99. The molecule has 1 aliphatic carbocycles. The van der Waals surface area contributed by atoms with Crippen LogP contribution >= 0.6 is 0 Å². The van der Waals surface area contributed by atoms with Crippen LogP contribution in [0.2, 0.25) is 0 Å². The highest BCUT2D eigenvalue weighted by molar-refractivity contribution is 5.43. The van der Waals surface area contributed by atoms with Gasteiger partial charge in [-0.3, -0.25) is 0 Å². The summed E-state index contributed by atoms with van der Waals surface area (Å²) >= 11 is 0. The highest BCUT2D eigenvalue weighted by Gasteiger charge is 2.13. The van der Waals surface area contributed by atoms with Crippen LogP contribution in [0.3, 0.4) is 0 Å². The molecule has 20 heavy (non-hydrogen) atoms. The van der Waals surface area contributed by atoms with Crippen molar-refractivity contribution >= 4 is 0 Å². The van der Waals surface area contributed by atoms with Crippen molar-refractivity contribution in [3.8, 4) is 11.5 Å². The van der Waals surface area contributed by atoms with Crippen LogP contribution in [0.4, 0.5) is 0 Å². The van der Waals surface area contributed by atoms with Crippen LogP contribution in [-0.4, -0.2) is 19.3 Å². The molecule has 1 aromatic rings. The van der Waals surface area contributed by atoms with Gasteiger partial charge in [0.1, 0.15) is 6.10 Å². The van der Waals surface area contributed by atoms with E-state index in [1.807, 2.05) is 13.0 Å². The molecule has 1 aliphatic rings. The number of benzene rings is 1. The summed E-state index contributed by atoms with van der Waals surface area (Å²) in [5.41, 5.74) is 1.22. The minimum Gasteiger partial charge on any atom is -0.490 e. The van der Waals surface area contributed by atoms with Crippen molar-refractivity contribution in [2.45, 2.75) is 45.8 Å². The fourth-order valence-electron chi connectivity index (χ4n) is 2.34. The van der Waals surface area contributed by atoms with Gasteiger partial charge < -0.3 is 14.8 Å². The lowest BCUT2D eigenvalue weighted by Gasteiger charge is -2.21. The largest absolute Gasteiger partial charge is 0.490 e. The average Bonchev–Trinajstić information content (AvgIpc) is 2.49. The quantitative estimate of drug-likeness (QED) is 0.770. The molecule has 1 N–H and O–H groups in total. The van der Waals surface area contributed by atoms with Crippen molar-refractivity contribution in [3.63, 3.8) is 0 Å². The Hall–Kier alpha value is -1.48. The standard InChI is InChI=1S/C17H25NO2/c1-3-18-13-14-10-11-16(17(12-14)19-4-2)20-15-8-6-5-7-9-15/h6,8,10-12,15,18H,3-5,7,9,13H2,1-2H3. The normalized spacial score (nSPS) is 18.0. The van der Waals surface area contributed by atoms with E-state index in [4.69, 9.17) is 9.47 Å². The number of hydrogen-bond donors (Lipinski definition) is 1. The molecule has 0 amide bonds. The molecule has 0 saturated heterocycles. The molecule has 0 saturated carbocycles. The summed E-state index contributed by atoms with van der Waals surface area (Å²) in [7, 11) is 0. The van der Waals surface area contributed by atoms with Gasteiger partial charge in [0.15, 0.2) is 11.5 Å². The van der Waals surface area contributed by atoms with Crippen molar-refractivity contribution in [3.05, 3.63) is 35.9 Å². The topological polar surface area (TPSA) is 30.5 Å². The van der Waals surface area contributed by atoms with E-state index in [0.717, 1.165) is 31.0 Å². The average molecular weight is 275 g/mol. The zero-order valence-corrected chi connectivity index (χ0v) is 12.5. The van der Waals surface area contributed by atoms with Crippen molar-refractivity contribution in [2.24, 2.45) is 0 Å². The lowest BCUT2D eigenvalue weighted by Crippen LogP contribution is -2.16. The number of hydrogen-bond acceptors (Lipinski definition) is 3. The van der Waals surface area contributed by atoms with Gasteiger partial charge in [-0.25, -0.2) is 0 Å². The Morgan fingerprint density at radius 1 is 1.25 bits per heavy atom. The smallest absolute Gasteiger partial charge is 0.162 e. The second-order valence-electron chi connectivity index (χ2n) is 5.01. The van der Waals surface area contributed by atoms with Crippen molar-refractivity contribution in [1.82, 2.24) is 5.32 Å². The molecule has 1 atom stereocenters. The van der Waals surface area contributed by atoms with Gasteiger partial charge in [-0.1, -0.05) is 19.1 Å². The molecule has 0 aliphatic heterocycles. The summed E-state index contributed by atoms with van der Waals surface area (Å²) in [6.45, 7) is 6.59. The molecule has 0 bridgehead atoms. The van der Waals surface area contributed by atoms with Gasteiger partial charge in [0.25, 0.3) is 0 Å². The fourth-order valence-corrected chi connectivity index (χ4v) is 2.34. The predicted octanol–water partition coefficient (Wildman–Crippen LogP) is 3.68. The maximum Gasteiger partial charge on any atom is 0.162 e. The Kier molecular flexibility index (Phi) is 5.93. The summed E-state index contributed by atoms with van der Waals surface area (Å²) in [4.78, 5) is 0. The zero-order chi connectivity index (χ0) is 14.2. The third-order valence-electron chi connectivity index (χ3n) is 3.38. The van der Waals surface area contributed by atoms with Crippen LogP contribution < -0.4 is 14.8 Å². The van der Waals surface area contributed by atoms with E-state index in [2.05, 4.69) is 36.5 Å². The number of allylic oxidation sites excluding steroid dienone is 1. The van der Waals surface area contributed by atoms with E-state index in [1.165, 1.54) is 18.4 Å². The lowest BCUT2D eigenvalue weighted by atomic mass is 10.1. The van der Waals surface area contributed by atoms with Crippen molar-refractivity contribution in [1.29, 1.82) is 0 Å². The van der Waals surface area contributed by atoms with Crippen molar-refractivity contribution in [2.75, 3.05) is 13.2 Å². The van der Waals surface area contributed by atoms with Gasteiger partial charge in [0, 0.05) is 6.54 Å². The Balaban J connectivity index is 2.09. The molecule has 0 fully saturated rings. The van der Waals surface area contributed by atoms with E-state index >= 15 is 0 Å². The van der Waals surface area contributed by atoms with Gasteiger partial charge in [-0.2, -0.15) is 0 Å². The highest BCUT2D eigenvalue weighted by Crippen LogP contribution is 2.31. The van der Waals surface area contributed by atoms with Gasteiger partial charge in [-0.15, -0.1) is 0 Å². The molecule has 0 heterocycles. The molecule has 0 radical (unpaired) electrons. The number of ether oxygens (including phenoxy) is 2. The van der Waals surface area contributed by atoms with E-state index in [-0.39, 0.29) is 6.10 Å². The molecule has 0 spiro atoms. The molecule has 0 aromatic heterocycles. The van der Waals surface area contributed by atoms with E-state index in [9.17, 15) is 0 Å². The molecule has 3 nitrogen and oxygen atoms in total. The van der Waals surface area contributed by atoms with Crippen LogP contribution in [0.15, 0.2) is 30.4 Å². The van der Waals surface area contributed by atoms with Gasteiger partial charge >= 0.3 is 0 Å². The minimum atomic E-state index is 0.183. The SMILES string of the molecule is CCNCc1ccc(OC2C=CCCC2)c(OCC)c1. The molecular weight excluding hydrogens is 250 g/mol. The first-order valence-corrected chi connectivity index (χ1v) is 7.63. The number of rotatable bonds is 7. The number of nitrogens with one attached hydrogen (secondary N) is 1. The molecule has 2 rings (SSSR count). The third-order valence-corrected chi connectivity index (χ3v) is 3.38. The minimum absolute atomic E-state index is 0.183. The monoisotopic (exact) mass is 275 g/mol. The predicted molar refractivity (Wildman–Crippen MR) is 82.4 cm³/mol. The lowest BCUT2D eigenvalue weighted by molar-refractivity contribution is 0.214. The molecular formula is C17H25NO2. The summed E-state index contributed by atoms with van der Waals surface area (Å²) < 4.78 is 11.8. The van der Waals surface area contributed by atoms with Crippen LogP contribution in [0, 0.1) is 0 Å². The molecule has 3 heteroatoms.